The van der Waals surface area contributed by atoms with Crippen LogP contribution in [0.2, 0.25) is 0 Å². The summed E-state index contributed by atoms with van der Waals surface area (Å²) >= 11 is 0. The smallest absolute Gasteiger partial charge is 0.349 e. The van der Waals surface area contributed by atoms with Gasteiger partial charge in [0.15, 0.2) is 11.6 Å². The molecule has 2 aliphatic heterocycles. The van der Waals surface area contributed by atoms with Crippen LogP contribution in [0.1, 0.15) is 155 Å². The summed E-state index contributed by atoms with van der Waals surface area (Å²) in [6.07, 6.45) is 28.8. The Hall–Kier alpha value is -0.250. The lowest BCUT2D eigenvalue weighted by molar-refractivity contribution is -0.432. The van der Waals surface area contributed by atoms with Gasteiger partial charge in [-0.15, -0.1) is 0 Å². The molecule has 2 heterocycles. The molecule has 2 unspecified atom stereocenters. The molecule has 0 bridgehead atoms. The van der Waals surface area contributed by atoms with Crippen LogP contribution in [0.3, 0.4) is 0 Å². The lowest BCUT2D eigenvalue weighted by atomic mass is 9.95. The van der Waals surface area contributed by atoms with Gasteiger partial charge in [-0.05, 0) is 12.8 Å². The fourth-order valence-corrected chi connectivity index (χ4v) is 5.07. The van der Waals surface area contributed by atoms with Crippen molar-refractivity contribution < 1.29 is 31.7 Å². The van der Waals surface area contributed by atoms with Crippen LogP contribution in [-0.2, 0) is 24.6 Å². The van der Waals surface area contributed by atoms with Crippen LogP contribution in [0.4, 0.5) is 0 Å². The molecular formula is C28H56O7S. The number of hydrogen-bond donors (Lipinski definition) is 2. The topological polar surface area (TPSA) is 102 Å². The van der Waals surface area contributed by atoms with Gasteiger partial charge in [-0.1, -0.05) is 117 Å². The Labute approximate surface area is 222 Å². The van der Waals surface area contributed by atoms with E-state index >= 15 is 0 Å². The zero-order valence-corrected chi connectivity index (χ0v) is 24.1. The Morgan fingerprint density at radius 2 is 0.833 bits per heavy atom. The highest BCUT2D eigenvalue weighted by molar-refractivity contribution is 7.79. The number of hydrogen-bond acceptors (Lipinski definition) is 5. The summed E-state index contributed by atoms with van der Waals surface area (Å²) in [5.74, 6) is -0.665. The van der Waals surface area contributed by atoms with Crippen molar-refractivity contribution in [2.24, 2.45) is 0 Å². The first-order valence-electron chi connectivity index (χ1n) is 14.9. The van der Waals surface area contributed by atoms with Crippen LogP contribution in [0.25, 0.3) is 0 Å². The molecular weight excluding hydrogens is 480 g/mol. The second kappa shape index (κ2) is 19.8. The van der Waals surface area contributed by atoms with E-state index in [1.165, 1.54) is 116 Å². The summed E-state index contributed by atoms with van der Waals surface area (Å²) in [5.41, 5.74) is 0. The van der Waals surface area contributed by atoms with Crippen LogP contribution < -0.4 is 0 Å². The molecule has 2 fully saturated rings. The first kappa shape index (κ1) is 33.8. The van der Waals surface area contributed by atoms with Crippen LogP contribution in [0.5, 0.6) is 0 Å². The van der Waals surface area contributed by atoms with Gasteiger partial charge in [-0.3, -0.25) is 9.11 Å². The molecule has 0 aliphatic carbocycles. The highest BCUT2D eigenvalue weighted by Crippen LogP contribution is 2.44. The fraction of sp³-hybridized carbons (Fsp3) is 1.00. The summed E-state index contributed by atoms with van der Waals surface area (Å²) < 4.78 is 50.2. The largest absolute Gasteiger partial charge is 0.394 e. The molecule has 0 saturated carbocycles. The zero-order valence-electron chi connectivity index (χ0n) is 23.3. The third kappa shape index (κ3) is 17.3. The van der Waals surface area contributed by atoms with Gasteiger partial charge in [-0.2, -0.15) is 8.42 Å². The van der Waals surface area contributed by atoms with Gasteiger partial charge in [-0.25, -0.2) is 0 Å². The SMILES string of the molecule is CCCCCCCCCCCC1(OC2(CCCCCCCCCCC)CCO2)CCO1.O=S(=O)(O)O. The molecule has 0 aromatic rings. The average Bonchev–Trinajstić information content (AvgIpc) is 2.76. The molecule has 2 N–H and O–H groups in total. The van der Waals surface area contributed by atoms with E-state index in [1.54, 1.807) is 0 Å². The van der Waals surface area contributed by atoms with Gasteiger partial charge >= 0.3 is 10.4 Å². The predicted octanol–water partition coefficient (Wildman–Crippen LogP) is 8.43. The van der Waals surface area contributed by atoms with Crippen molar-refractivity contribution in [2.75, 3.05) is 13.2 Å². The van der Waals surface area contributed by atoms with Gasteiger partial charge in [0.05, 0.1) is 13.2 Å². The quantitative estimate of drug-likeness (QED) is 0.106. The molecule has 0 aromatic heterocycles. The molecule has 8 heteroatoms. The van der Waals surface area contributed by atoms with E-state index in [9.17, 15) is 0 Å². The Kier molecular flexibility index (Phi) is 18.5. The Balaban J connectivity index is 0.00000118. The molecule has 2 rings (SSSR count). The summed E-state index contributed by atoms with van der Waals surface area (Å²) in [7, 11) is -4.67. The highest BCUT2D eigenvalue weighted by Gasteiger charge is 2.50. The minimum absolute atomic E-state index is 0.333. The maximum Gasteiger partial charge on any atom is 0.394 e. The Morgan fingerprint density at radius 1 is 0.583 bits per heavy atom. The normalized spacial score (nSPS) is 23.4. The molecule has 36 heavy (non-hydrogen) atoms. The van der Waals surface area contributed by atoms with Crippen LogP contribution in [-0.4, -0.2) is 42.3 Å². The number of ether oxygens (including phenoxy) is 3. The van der Waals surface area contributed by atoms with E-state index in [4.69, 9.17) is 31.7 Å². The molecule has 216 valence electrons. The molecule has 0 radical (unpaired) electrons. The van der Waals surface area contributed by atoms with Crippen molar-refractivity contribution in [3.8, 4) is 0 Å². The van der Waals surface area contributed by atoms with E-state index in [-0.39, 0.29) is 11.6 Å². The van der Waals surface area contributed by atoms with Crippen molar-refractivity contribution in [3.05, 3.63) is 0 Å². The van der Waals surface area contributed by atoms with Crippen molar-refractivity contribution in [1.29, 1.82) is 0 Å². The summed E-state index contributed by atoms with van der Waals surface area (Å²) in [5, 5.41) is 0. The average molecular weight is 537 g/mol. The Bertz CT molecular complexity index is 569. The molecule has 0 amide bonds. The first-order chi connectivity index (χ1) is 17.2. The number of rotatable bonds is 22. The molecule has 2 saturated heterocycles. The highest BCUT2D eigenvalue weighted by atomic mass is 32.3. The van der Waals surface area contributed by atoms with Crippen molar-refractivity contribution >= 4 is 10.4 Å². The van der Waals surface area contributed by atoms with Gasteiger partial charge in [0, 0.05) is 25.7 Å². The van der Waals surface area contributed by atoms with E-state index in [1.807, 2.05) is 0 Å². The summed E-state index contributed by atoms with van der Waals surface area (Å²) in [6.45, 7) is 6.28. The van der Waals surface area contributed by atoms with Crippen molar-refractivity contribution in [2.45, 2.75) is 167 Å². The first-order valence-corrected chi connectivity index (χ1v) is 16.3. The van der Waals surface area contributed by atoms with Gasteiger partial charge < -0.3 is 14.2 Å². The van der Waals surface area contributed by atoms with Crippen molar-refractivity contribution in [3.63, 3.8) is 0 Å². The maximum atomic E-state index is 8.74. The van der Waals surface area contributed by atoms with E-state index < -0.39 is 10.4 Å². The van der Waals surface area contributed by atoms with Gasteiger partial charge in [0.1, 0.15) is 0 Å². The van der Waals surface area contributed by atoms with Crippen LogP contribution in [0.15, 0.2) is 0 Å². The Morgan fingerprint density at radius 3 is 1.06 bits per heavy atom. The molecule has 2 aliphatic rings. The lowest BCUT2D eigenvalue weighted by Crippen LogP contribution is -2.57. The third-order valence-corrected chi connectivity index (χ3v) is 7.39. The second-order valence-electron chi connectivity index (χ2n) is 10.7. The van der Waals surface area contributed by atoms with E-state index in [2.05, 4.69) is 13.8 Å². The van der Waals surface area contributed by atoms with E-state index in [0.29, 0.717) is 0 Å². The second-order valence-corrected chi connectivity index (χ2v) is 11.6. The summed E-state index contributed by atoms with van der Waals surface area (Å²) in [4.78, 5) is 0. The molecule has 2 atom stereocenters. The lowest BCUT2D eigenvalue weighted by Gasteiger charge is -2.51. The summed E-state index contributed by atoms with van der Waals surface area (Å²) in [6, 6.07) is 0. The van der Waals surface area contributed by atoms with E-state index in [0.717, 1.165) is 38.9 Å². The third-order valence-electron chi connectivity index (χ3n) is 7.39. The number of unbranched alkanes of at least 4 members (excludes halogenated alkanes) is 16. The van der Waals surface area contributed by atoms with Crippen LogP contribution in [0, 0.1) is 0 Å². The minimum Gasteiger partial charge on any atom is -0.349 e. The van der Waals surface area contributed by atoms with Gasteiger partial charge in [0.25, 0.3) is 0 Å². The molecule has 7 nitrogen and oxygen atoms in total. The monoisotopic (exact) mass is 536 g/mol. The minimum atomic E-state index is -4.67. The molecule has 0 aromatic carbocycles. The van der Waals surface area contributed by atoms with Crippen molar-refractivity contribution in [1.82, 2.24) is 0 Å². The van der Waals surface area contributed by atoms with Gasteiger partial charge in [0.2, 0.25) is 0 Å². The molecule has 0 spiro atoms. The predicted molar refractivity (Wildman–Crippen MR) is 146 cm³/mol. The van der Waals surface area contributed by atoms with Crippen LogP contribution >= 0.6 is 0 Å². The fourth-order valence-electron chi connectivity index (χ4n) is 5.07. The zero-order chi connectivity index (χ0) is 26.6. The standard InChI is InChI=1S/C28H54O3.H2O4S/c1-3-5-7-9-11-13-15-17-19-21-27(23-25-29-27)31-28(24-26-30-28)22-20-18-16-14-12-10-8-6-4-2;1-5(2,3)4/h3-26H2,1-2H3;(H2,1,2,3,4). The maximum absolute atomic E-state index is 8.74.